The molecule has 2 aromatic carbocycles. The Morgan fingerprint density at radius 3 is 2.62 bits per heavy atom. The molecule has 29 heavy (non-hydrogen) atoms. The lowest BCUT2D eigenvalue weighted by atomic mass is 10.1. The molecule has 2 aromatic rings. The second-order valence-electron chi connectivity index (χ2n) is 6.99. The summed E-state index contributed by atoms with van der Waals surface area (Å²) in [6.07, 6.45) is 0. The molecule has 0 saturated carbocycles. The molecule has 0 aromatic heterocycles. The first-order valence-corrected chi connectivity index (χ1v) is 10.1. The van der Waals surface area contributed by atoms with Gasteiger partial charge in [0.15, 0.2) is 5.11 Å². The SMILES string of the molecule is COC(=O)c1ccc(C)c(NC(=S)NCc2ccccc2CN2CCOCC2)c1. The molecule has 0 atom stereocenters. The van der Waals surface area contributed by atoms with Gasteiger partial charge in [-0.1, -0.05) is 30.3 Å². The molecule has 1 aliphatic rings. The summed E-state index contributed by atoms with van der Waals surface area (Å²) in [5.74, 6) is -0.371. The molecule has 1 heterocycles. The Kier molecular flexibility index (Phi) is 7.57. The molecule has 0 aliphatic carbocycles. The van der Waals surface area contributed by atoms with Crippen molar-refractivity contribution in [3.05, 3.63) is 64.7 Å². The van der Waals surface area contributed by atoms with Gasteiger partial charge in [0.1, 0.15) is 0 Å². The van der Waals surface area contributed by atoms with E-state index in [1.807, 2.05) is 19.1 Å². The number of esters is 1. The highest BCUT2D eigenvalue weighted by molar-refractivity contribution is 7.80. The number of thiocarbonyl (C=S) groups is 1. The Labute approximate surface area is 177 Å². The molecule has 2 N–H and O–H groups in total. The molecule has 1 aliphatic heterocycles. The summed E-state index contributed by atoms with van der Waals surface area (Å²) < 4.78 is 10.2. The Hall–Kier alpha value is -2.48. The molecular weight excluding hydrogens is 386 g/mol. The molecule has 0 amide bonds. The van der Waals surface area contributed by atoms with Crippen molar-refractivity contribution in [2.45, 2.75) is 20.0 Å². The van der Waals surface area contributed by atoms with Gasteiger partial charge < -0.3 is 20.1 Å². The van der Waals surface area contributed by atoms with Crippen LogP contribution in [0.15, 0.2) is 42.5 Å². The molecule has 6 nitrogen and oxygen atoms in total. The van der Waals surface area contributed by atoms with Gasteiger partial charge in [0.05, 0.1) is 25.9 Å². The molecule has 3 rings (SSSR count). The van der Waals surface area contributed by atoms with E-state index in [0.29, 0.717) is 17.2 Å². The molecular formula is C22H27N3O3S. The molecule has 154 valence electrons. The molecule has 0 bridgehead atoms. The Bertz CT molecular complexity index is 866. The second-order valence-corrected chi connectivity index (χ2v) is 7.39. The van der Waals surface area contributed by atoms with Crippen molar-refractivity contribution >= 4 is 29.0 Å². The van der Waals surface area contributed by atoms with E-state index in [4.69, 9.17) is 21.7 Å². The van der Waals surface area contributed by atoms with E-state index in [0.717, 1.165) is 44.1 Å². The third-order valence-corrected chi connectivity index (χ3v) is 5.21. The number of nitrogens with one attached hydrogen (secondary N) is 2. The number of aryl methyl sites for hydroxylation is 1. The van der Waals surface area contributed by atoms with E-state index in [9.17, 15) is 4.79 Å². The number of nitrogens with zero attached hydrogens (tertiary/aromatic N) is 1. The van der Waals surface area contributed by atoms with Gasteiger partial charge in [-0.05, 0) is 48.0 Å². The van der Waals surface area contributed by atoms with Crippen LogP contribution in [0.2, 0.25) is 0 Å². The van der Waals surface area contributed by atoms with Crippen LogP contribution >= 0.6 is 12.2 Å². The average Bonchev–Trinajstić information content (AvgIpc) is 2.75. The third-order valence-electron chi connectivity index (χ3n) is 4.96. The highest BCUT2D eigenvalue weighted by atomic mass is 32.1. The summed E-state index contributed by atoms with van der Waals surface area (Å²) in [5.41, 5.74) is 4.76. The van der Waals surface area contributed by atoms with Gasteiger partial charge >= 0.3 is 5.97 Å². The topological polar surface area (TPSA) is 62.8 Å². The predicted octanol–water partition coefficient (Wildman–Crippen LogP) is 3.10. The van der Waals surface area contributed by atoms with Gasteiger partial charge in [0, 0.05) is 31.9 Å². The maximum atomic E-state index is 11.8. The molecule has 0 spiro atoms. The van der Waals surface area contributed by atoms with Crippen LogP contribution in [0, 0.1) is 6.92 Å². The average molecular weight is 414 g/mol. The number of morpholine rings is 1. The van der Waals surface area contributed by atoms with Gasteiger partial charge in [0.25, 0.3) is 0 Å². The Morgan fingerprint density at radius 1 is 1.17 bits per heavy atom. The molecule has 0 unspecified atom stereocenters. The van der Waals surface area contributed by atoms with Crippen LogP contribution in [-0.2, 0) is 22.6 Å². The number of hydrogen-bond donors (Lipinski definition) is 2. The normalized spacial score (nSPS) is 14.3. The first-order valence-electron chi connectivity index (χ1n) is 9.67. The zero-order valence-electron chi connectivity index (χ0n) is 16.9. The summed E-state index contributed by atoms with van der Waals surface area (Å²) in [7, 11) is 1.37. The number of benzene rings is 2. The van der Waals surface area contributed by atoms with Crippen LogP contribution in [0.25, 0.3) is 0 Å². The largest absolute Gasteiger partial charge is 0.465 e. The maximum absolute atomic E-state index is 11.8. The Morgan fingerprint density at radius 2 is 1.90 bits per heavy atom. The van der Waals surface area contributed by atoms with Gasteiger partial charge in [-0.2, -0.15) is 0 Å². The van der Waals surface area contributed by atoms with Crippen molar-refractivity contribution in [3.8, 4) is 0 Å². The highest BCUT2D eigenvalue weighted by Gasteiger charge is 2.13. The van der Waals surface area contributed by atoms with Crippen LogP contribution < -0.4 is 10.6 Å². The van der Waals surface area contributed by atoms with Crippen molar-refractivity contribution in [3.63, 3.8) is 0 Å². The van der Waals surface area contributed by atoms with E-state index < -0.39 is 0 Å². The zero-order chi connectivity index (χ0) is 20.6. The lowest BCUT2D eigenvalue weighted by molar-refractivity contribution is 0.0341. The quantitative estimate of drug-likeness (QED) is 0.557. The van der Waals surface area contributed by atoms with Crippen molar-refractivity contribution in [1.29, 1.82) is 0 Å². The molecule has 0 radical (unpaired) electrons. The van der Waals surface area contributed by atoms with Gasteiger partial charge in [-0.3, -0.25) is 4.90 Å². The highest BCUT2D eigenvalue weighted by Crippen LogP contribution is 2.18. The molecule has 7 heteroatoms. The van der Waals surface area contributed by atoms with Crippen molar-refractivity contribution in [2.24, 2.45) is 0 Å². The van der Waals surface area contributed by atoms with Crippen molar-refractivity contribution in [1.82, 2.24) is 10.2 Å². The summed E-state index contributed by atoms with van der Waals surface area (Å²) >= 11 is 5.47. The van der Waals surface area contributed by atoms with E-state index in [1.54, 1.807) is 12.1 Å². The summed E-state index contributed by atoms with van der Waals surface area (Å²) in [4.78, 5) is 14.2. The van der Waals surface area contributed by atoms with Crippen LogP contribution in [0.3, 0.4) is 0 Å². The fourth-order valence-corrected chi connectivity index (χ4v) is 3.41. The number of hydrogen-bond acceptors (Lipinski definition) is 5. The van der Waals surface area contributed by atoms with Gasteiger partial charge in [-0.15, -0.1) is 0 Å². The van der Waals surface area contributed by atoms with Crippen molar-refractivity contribution < 1.29 is 14.3 Å². The third kappa shape index (κ3) is 6.00. The van der Waals surface area contributed by atoms with E-state index >= 15 is 0 Å². The number of anilines is 1. The second kappa shape index (κ2) is 10.3. The van der Waals surface area contributed by atoms with Crippen LogP contribution in [-0.4, -0.2) is 49.4 Å². The van der Waals surface area contributed by atoms with Crippen LogP contribution in [0.1, 0.15) is 27.0 Å². The smallest absolute Gasteiger partial charge is 0.337 e. The fraction of sp³-hybridized carbons (Fsp3) is 0.364. The summed E-state index contributed by atoms with van der Waals surface area (Å²) in [6, 6.07) is 13.8. The monoisotopic (exact) mass is 413 g/mol. The van der Waals surface area contributed by atoms with E-state index in [-0.39, 0.29) is 5.97 Å². The van der Waals surface area contributed by atoms with Crippen molar-refractivity contribution in [2.75, 3.05) is 38.7 Å². The lowest BCUT2D eigenvalue weighted by Crippen LogP contribution is -2.36. The van der Waals surface area contributed by atoms with E-state index in [1.165, 1.54) is 18.2 Å². The van der Waals surface area contributed by atoms with Crippen LogP contribution in [0.4, 0.5) is 5.69 Å². The summed E-state index contributed by atoms with van der Waals surface area (Å²) in [6.45, 7) is 6.99. The van der Waals surface area contributed by atoms with Gasteiger partial charge in [-0.25, -0.2) is 4.79 Å². The number of methoxy groups -OCH3 is 1. The fourth-order valence-electron chi connectivity index (χ4n) is 3.23. The number of carbonyl (C=O) groups is 1. The van der Waals surface area contributed by atoms with E-state index in [2.05, 4.69) is 33.7 Å². The first-order chi connectivity index (χ1) is 14.1. The lowest BCUT2D eigenvalue weighted by Gasteiger charge is -2.27. The molecule has 1 saturated heterocycles. The number of ether oxygens (including phenoxy) is 2. The minimum absolute atomic E-state index is 0.371. The molecule has 1 fully saturated rings. The van der Waals surface area contributed by atoms with Gasteiger partial charge in [0.2, 0.25) is 0 Å². The minimum Gasteiger partial charge on any atom is -0.465 e. The summed E-state index contributed by atoms with van der Waals surface area (Å²) in [5, 5.41) is 6.97. The van der Waals surface area contributed by atoms with Crippen LogP contribution in [0.5, 0.6) is 0 Å². The number of carbonyl (C=O) groups excluding carboxylic acids is 1. The standard InChI is InChI=1S/C22H27N3O3S/c1-16-7-8-17(21(26)27-2)13-20(16)24-22(29)23-14-18-5-3-4-6-19(18)15-25-9-11-28-12-10-25/h3-8,13H,9-12,14-15H2,1-2H3,(H2,23,24,29). The number of rotatable bonds is 6. The minimum atomic E-state index is -0.371. The maximum Gasteiger partial charge on any atom is 0.337 e. The first kappa shape index (κ1) is 21.2. The predicted molar refractivity (Wildman–Crippen MR) is 118 cm³/mol. The Balaban J connectivity index is 1.60. The zero-order valence-corrected chi connectivity index (χ0v) is 17.7.